The molecule has 1 aromatic carbocycles. The predicted octanol–water partition coefficient (Wildman–Crippen LogP) is 3.60. The first-order valence-electron chi connectivity index (χ1n) is 7.60. The van der Waals surface area contributed by atoms with Crippen LogP contribution >= 0.6 is 23.2 Å². The Labute approximate surface area is 135 Å². The Morgan fingerprint density at radius 1 is 1.14 bits per heavy atom. The molecular formula is C16H20Cl2N2O. The van der Waals surface area contributed by atoms with Crippen LogP contribution in [0.1, 0.15) is 36.0 Å². The summed E-state index contributed by atoms with van der Waals surface area (Å²) in [7, 11) is 0. The fraction of sp³-hybridized carbons (Fsp3) is 0.562. The topological polar surface area (TPSA) is 32.3 Å². The number of hydrogen-bond donors (Lipinski definition) is 1. The van der Waals surface area contributed by atoms with Gasteiger partial charge in [-0.2, -0.15) is 0 Å². The molecule has 2 aliphatic rings. The summed E-state index contributed by atoms with van der Waals surface area (Å²) in [5.41, 5.74) is 0.589. The van der Waals surface area contributed by atoms with E-state index in [0.29, 0.717) is 27.6 Å². The average Bonchev–Trinajstić information content (AvgIpc) is 3.10. The summed E-state index contributed by atoms with van der Waals surface area (Å²) in [5, 5.41) is 4.48. The Hall–Kier alpha value is -0.770. The summed E-state index contributed by atoms with van der Waals surface area (Å²) >= 11 is 12.0. The number of amides is 1. The highest BCUT2D eigenvalue weighted by atomic mass is 35.5. The van der Waals surface area contributed by atoms with Crippen molar-refractivity contribution in [3.05, 3.63) is 33.8 Å². The van der Waals surface area contributed by atoms with E-state index in [1.807, 2.05) is 4.90 Å². The van der Waals surface area contributed by atoms with Gasteiger partial charge in [0.2, 0.25) is 0 Å². The van der Waals surface area contributed by atoms with Gasteiger partial charge in [-0.25, -0.2) is 0 Å². The molecule has 3 nitrogen and oxygen atoms in total. The van der Waals surface area contributed by atoms with Crippen LogP contribution < -0.4 is 5.32 Å². The molecule has 1 amide bonds. The van der Waals surface area contributed by atoms with Crippen molar-refractivity contribution in [3.63, 3.8) is 0 Å². The van der Waals surface area contributed by atoms with Crippen LogP contribution in [0.5, 0.6) is 0 Å². The highest BCUT2D eigenvalue weighted by Crippen LogP contribution is 2.31. The second kappa shape index (κ2) is 6.55. The van der Waals surface area contributed by atoms with Crippen LogP contribution in [-0.4, -0.2) is 36.5 Å². The first-order valence-corrected chi connectivity index (χ1v) is 8.36. The van der Waals surface area contributed by atoms with Crippen molar-refractivity contribution in [2.75, 3.05) is 19.6 Å². The number of nitrogens with zero attached hydrogens (tertiary/aromatic N) is 1. The molecule has 1 N–H and O–H groups in total. The van der Waals surface area contributed by atoms with Crippen LogP contribution in [0.2, 0.25) is 10.0 Å². The Bertz CT molecular complexity index is 505. The maximum Gasteiger partial charge on any atom is 0.254 e. The van der Waals surface area contributed by atoms with E-state index >= 15 is 0 Å². The summed E-state index contributed by atoms with van der Waals surface area (Å²) in [5.74, 6) is 0.713. The van der Waals surface area contributed by atoms with Crippen LogP contribution in [0.25, 0.3) is 0 Å². The quantitative estimate of drug-likeness (QED) is 0.896. The highest BCUT2D eigenvalue weighted by Gasteiger charge is 2.29. The number of nitrogens with one attached hydrogen (secondary N) is 1. The van der Waals surface area contributed by atoms with Crippen LogP contribution in [0.3, 0.4) is 0 Å². The van der Waals surface area contributed by atoms with E-state index < -0.39 is 0 Å². The Morgan fingerprint density at radius 3 is 2.43 bits per heavy atom. The van der Waals surface area contributed by atoms with Gasteiger partial charge in [0.05, 0.1) is 0 Å². The van der Waals surface area contributed by atoms with Gasteiger partial charge in [-0.1, -0.05) is 23.2 Å². The van der Waals surface area contributed by atoms with Crippen molar-refractivity contribution in [1.29, 1.82) is 0 Å². The van der Waals surface area contributed by atoms with Crippen molar-refractivity contribution in [2.24, 2.45) is 5.92 Å². The molecule has 5 heteroatoms. The first-order chi connectivity index (χ1) is 10.1. The van der Waals surface area contributed by atoms with Crippen LogP contribution in [0, 0.1) is 5.92 Å². The van der Waals surface area contributed by atoms with Gasteiger partial charge < -0.3 is 10.2 Å². The molecule has 1 aliphatic heterocycles. The average molecular weight is 327 g/mol. The molecule has 0 aromatic heterocycles. The largest absolute Gasteiger partial charge is 0.337 e. The molecule has 1 unspecified atom stereocenters. The zero-order chi connectivity index (χ0) is 14.8. The van der Waals surface area contributed by atoms with Gasteiger partial charge in [0, 0.05) is 34.7 Å². The van der Waals surface area contributed by atoms with Crippen molar-refractivity contribution < 1.29 is 4.79 Å². The van der Waals surface area contributed by atoms with E-state index in [-0.39, 0.29) is 5.91 Å². The summed E-state index contributed by atoms with van der Waals surface area (Å²) in [4.78, 5) is 14.8. The van der Waals surface area contributed by atoms with Gasteiger partial charge in [-0.05, 0) is 56.3 Å². The van der Waals surface area contributed by atoms with Gasteiger partial charge in [0.25, 0.3) is 5.91 Å². The molecule has 2 fully saturated rings. The monoisotopic (exact) mass is 326 g/mol. The van der Waals surface area contributed by atoms with E-state index in [2.05, 4.69) is 5.32 Å². The third-order valence-corrected chi connectivity index (χ3v) is 4.61. The molecule has 1 saturated carbocycles. The summed E-state index contributed by atoms with van der Waals surface area (Å²) in [6, 6.07) is 5.49. The lowest BCUT2D eigenvalue weighted by molar-refractivity contribution is 0.0733. The number of carbonyl (C=O) groups excluding carboxylic acids is 1. The molecule has 3 rings (SSSR count). The fourth-order valence-corrected chi connectivity index (χ4v) is 3.42. The van der Waals surface area contributed by atoms with Crippen LogP contribution in [0.15, 0.2) is 18.2 Å². The van der Waals surface area contributed by atoms with E-state index in [1.165, 1.54) is 19.3 Å². The standard InChI is InChI=1S/C16H20Cl2N2O/c17-13-6-12(7-14(18)8-13)16(21)20(9-11-3-4-11)10-15-2-1-5-19-15/h6-8,11,15,19H,1-5,9-10H2. The van der Waals surface area contributed by atoms with Gasteiger partial charge in [-0.3, -0.25) is 4.79 Å². The third kappa shape index (κ3) is 4.12. The maximum absolute atomic E-state index is 12.8. The third-order valence-electron chi connectivity index (χ3n) is 4.18. The number of hydrogen-bond acceptors (Lipinski definition) is 2. The van der Waals surface area contributed by atoms with Crippen LogP contribution in [0.4, 0.5) is 0 Å². The van der Waals surface area contributed by atoms with Crippen molar-refractivity contribution in [2.45, 2.75) is 31.7 Å². The molecule has 1 aromatic rings. The maximum atomic E-state index is 12.8. The lowest BCUT2D eigenvalue weighted by Gasteiger charge is -2.26. The second-order valence-electron chi connectivity index (χ2n) is 6.10. The molecule has 1 heterocycles. The molecule has 0 bridgehead atoms. The van der Waals surface area contributed by atoms with E-state index in [9.17, 15) is 4.79 Å². The second-order valence-corrected chi connectivity index (χ2v) is 6.98. The van der Waals surface area contributed by atoms with Gasteiger partial charge in [-0.15, -0.1) is 0 Å². The minimum atomic E-state index is 0.0417. The lowest BCUT2D eigenvalue weighted by Crippen LogP contribution is -2.42. The lowest BCUT2D eigenvalue weighted by atomic mass is 10.1. The Balaban J connectivity index is 1.74. The number of benzene rings is 1. The fourth-order valence-electron chi connectivity index (χ4n) is 2.89. The molecule has 0 radical (unpaired) electrons. The highest BCUT2D eigenvalue weighted by molar-refractivity contribution is 6.35. The van der Waals surface area contributed by atoms with E-state index in [0.717, 1.165) is 26.1 Å². The van der Waals surface area contributed by atoms with E-state index in [4.69, 9.17) is 23.2 Å². The predicted molar refractivity (Wildman–Crippen MR) is 86.1 cm³/mol. The first kappa shape index (κ1) is 15.1. The van der Waals surface area contributed by atoms with Gasteiger partial charge in [0.1, 0.15) is 0 Å². The van der Waals surface area contributed by atoms with Gasteiger partial charge >= 0.3 is 0 Å². The number of carbonyl (C=O) groups is 1. The zero-order valence-electron chi connectivity index (χ0n) is 11.9. The zero-order valence-corrected chi connectivity index (χ0v) is 13.5. The Morgan fingerprint density at radius 2 is 1.86 bits per heavy atom. The smallest absolute Gasteiger partial charge is 0.254 e. The normalized spacial score (nSPS) is 21.5. The van der Waals surface area contributed by atoms with Crippen molar-refractivity contribution in [3.8, 4) is 0 Å². The van der Waals surface area contributed by atoms with Gasteiger partial charge in [0.15, 0.2) is 0 Å². The number of rotatable bonds is 5. The minimum Gasteiger partial charge on any atom is -0.337 e. The molecule has 1 saturated heterocycles. The van der Waals surface area contributed by atoms with Crippen LogP contribution in [-0.2, 0) is 0 Å². The molecular weight excluding hydrogens is 307 g/mol. The molecule has 21 heavy (non-hydrogen) atoms. The van der Waals surface area contributed by atoms with Crippen molar-refractivity contribution >= 4 is 29.1 Å². The molecule has 0 spiro atoms. The summed E-state index contributed by atoms with van der Waals surface area (Å²) in [6.45, 7) is 2.68. The van der Waals surface area contributed by atoms with Crippen molar-refractivity contribution in [1.82, 2.24) is 10.2 Å². The number of halogens is 2. The molecule has 1 atom stereocenters. The molecule has 1 aliphatic carbocycles. The van der Waals surface area contributed by atoms with E-state index in [1.54, 1.807) is 18.2 Å². The summed E-state index contributed by atoms with van der Waals surface area (Å²) in [6.07, 6.45) is 4.81. The SMILES string of the molecule is O=C(c1cc(Cl)cc(Cl)c1)N(CC1CC1)CC1CCCN1. The molecule has 114 valence electrons. The Kier molecular flexibility index (Phi) is 4.72. The summed E-state index contributed by atoms with van der Waals surface area (Å²) < 4.78 is 0. The minimum absolute atomic E-state index is 0.0417.